The predicted octanol–water partition coefficient (Wildman–Crippen LogP) is 4.22. The van der Waals surface area contributed by atoms with E-state index in [-0.39, 0.29) is 11.6 Å². The van der Waals surface area contributed by atoms with E-state index in [0.29, 0.717) is 34.9 Å². The summed E-state index contributed by atoms with van der Waals surface area (Å²) >= 11 is 1.48. The lowest BCUT2D eigenvalue weighted by molar-refractivity contribution is -0.384. The summed E-state index contributed by atoms with van der Waals surface area (Å²) in [6.07, 6.45) is 3.83. The molecule has 1 heterocycles. The summed E-state index contributed by atoms with van der Waals surface area (Å²) < 4.78 is 1.91. The van der Waals surface area contributed by atoms with Crippen molar-refractivity contribution in [1.82, 2.24) is 20.1 Å². The number of nitro groups is 1. The van der Waals surface area contributed by atoms with E-state index < -0.39 is 4.92 Å². The molecule has 0 unspecified atom stereocenters. The van der Waals surface area contributed by atoms with Crippen molar-refractivity contribution in [3.05, 3.63) is 82.4 Å². The van der Waals surface area contributed by atoms with E-state index in [4.69, 9.17) is 0 Å². The SMILES string of the molecule is C=CCn1c(SCc2ccccc2C(=O)NC2CC2)nnc1-c1ccc([N+](=O)[O-])cc1. The lowest BCUT2D eigenvalue weighted by Crippen LogP contribution is -2.26. The molecule has 31 heavy (non-hydrogen) atoms. The molecule has 1 saturated carbocycles. The maximum Gasteiger partial charge on any atom is 0.269 e. The fourth-order valence-corrected chi connectivity index (χ4v) is 4.09. The number of rotatable bonds is 9. The summed E-state index contributed by atoms with van der Waals surface area (Å²) in [5.41, 5.74) is 2.35. The molecule has 8 nitrogen and oxygen atoms in total. The fraction of sp³-hybridized carbons (Fsp3) is 0.227. The summed E-state index contributed by atoms with van der Waals surface area (Å²) in [6.45, 7) is 4.30. The normalized spacial score (nSPS) is 13.0. The van der Waals surface area contributed by atoms with Gasteiger partial charge in [0.1, 0.15) is 0 Å². The molecule has 1 aliphatic carbocycles. The molecule has 0 radical (unpaired) electrons. The summed E-state index contributed by atoms with van der Waals surface area (Å²) in [5, 5.41) is 23.2. The number of nitrogens with zero attached hydrogens (tertiary/aromatic N) is 4. The summed E-state index contributed by atoms with van der Waals surface area (Å²) in [5.74, 6) is 1.12. The molecule has 1 aliphatic rings. The van der Waals surface area contributed by atoms with E-state index >= 15 is 0 Å². The molecule has 4 rings (SSSR count). The van der Waals surface area contributed by atoms with Crippen LogP contribution in [-0.2, 0) is 12.3 Å². The number of amides is 1. The molecule has 3 aromatic rings. The number of aromatic nitrogens is 3. The molecule has 158 valence electrons. The first-order chi connectivity index (χ1) is 15.1. The van der Waals surface area contributed by atoms with Crippen molar-refractivity contribution < 1.29 is 9.72 Å². The Bertz CT molecular complexity index is 1120. The van der Waals surface area contributed by atoms with E-state index in [2.05, 4.69) is 22.1 Å². The van der Waals surface area contributed by atoms with Crippen LogP contribution >= 0.6 is 11.8 Å². The van der Waals surface area contributed by atoms with Crippen molar-refractivity contribution in [3.8, 4) is 11.4 Å². The van der Waals surface area contributed by atoms with Crippen LogP contribution in [0.4, 0.5) is 5.69 Å². The number of thioether (sulfide) groups is 1. The molecule has 0 atom stereocenters. The number of non-ortho nitro benzene ring substituents is 1. The first kappa shape index (κ1) is 20.8. The van der Waals surface area contributed by atoms with Crippen LogP contribution in [0.2, 0.25) is 0 Å². The Hall–Kier alpha value is -3.46. The molecule has 1 N–H and O–H groups in total. The lowest BCUT2D eigenvalue weighted by Gasteiger charge is -2.10. The van der Waals surface area contributed by atoms with Crippen LogP contribution < -0.4 is 5.32 Å². The second-order valence-electron chi connectivity index (χ2n) is 7.20. The van der Waals surface area contributed by atoms with Crippen LogP contribution in [0.15, 0.2) is 66.3 Å². The number of hydrogen-bond acceptors (Lipinski definition) is 6. The van der Waals surface area contributed by atoms with Crippen LogP contribution in [0, 0.1) is 10.1 Å². The number of nitrogens with one attached hydrogen (secondary N) is 1. The molecule has 1 fully saturated rings. The third kappa shape index (κ3) is 4.83. The minimum Gasteiger partial charge on any atom is -0.349 e. The number of nitro benzene ring substituents is 1. The van der Waals surface area contributed by atoms with Crippen LogP contribution in [0.25, 0.3) is 11.4 Å². The van der Waals surface area contributed by atoms with E-state index in [9.17, 15) is 14.9 Å². The standard InChI is InChI=1S/C22H21N5O3S/c1-2-13-26-20(15-7-11-18(12-8-15)27(29)30)24-25-22(26)31-14-16-5-3-4-6-19(16)21(28)23-17-9-10-17/h2-8,11-12,17H,1,9-10,13-14H2,(H,23,28). The topological polar surface area (TPSA) is 103 Å². The number of allylic oxidation sites excluding steroid dienone is 1. The highest BCUT2D eigenvalue weighted by Gasteiger charge is 2.25. The average Bonchev–Trinajstić information content (AvgIpc) is 3.51. The molecule has 2 aromatic carbocycles. The molecule has 1 aromatic heterocycles. The van der Waals surface area contributed by atoms with Crippen molar-refractivity contribution in [3.63, 3.8) is 0 Å². The molecule has 0 saturated heterocycles. The van der Waals surface area contributed by atoms with Gasteiger partial charge in [-0.3, -0.25) is 19.5 Å². The highest BCUT2D eigenvalue weighted by atomic mass is 32.2. The summed E-state index contributed by atoms with van der Waals surface area (Å²) in [7, 11) is 0. The Labute approximate surface area is 183 Å². The van der Waals surface area contributed by atoms with E-state index in [1.807, 2.05) is 28.8 Å². The van der Waals surface area contributed by atoms with E-state index in [1.54, 1.807) is 18.2 Å². The van der Waals surface area contributed by atoms with Crippen molar-refractivity contribution in [2.75, 3.05) is 0 Å². The smallest absolute Gasteiger partial charge is 0.269 e. The Morgan fingerprint density at radius 1 is 1.23 bits per heavy atom. The Balaban J connectivity index is 1.55. The van der Waals surface area contributed by atoms with Crippen molar-refractivity contribution in [2.45, 2.75) is 36.3 Å². The molecular formula is C22H21N5O3S. The highest BCUT2D eigenvalue weighted by molar-refractivity contribution is 7.98. The second kappa shape index (κ2) is 9.13. The van der Waals surface area contributed by atoms with Crippen LogP contribution in [0.3, 0.4) is 0 Å². The lowest BCUT2D eigenvalue weighted by atomic mass is 10.1. The van der Waals surface area contributed by atoms with Gasteiger partial charge in [0.25, 0.3) is 11.6 Å². The van der Waals surface area contributed by atoms with Gasteiger partial charge < -0.3 is 5.32 Å². The van der Waals surface area contributed by atoms with Gasteiger partial charge in [-0.2, -0.15) is 0 Å². The number of hydrogen-bond donors (Lipinski definition) is 1. The Kier molecular flexibility index (Phi) is 6.13. The predicted molar refractivity (Wildman–Crippen MR) is 119 cm³/mol. The van der Waals surface area contributed by atoms with Crippen molar-refractivity contribution >= 4 is 23.4 Å². The van der Waals surface area contributed by atoms with Gasteiger partial charge >= 0.3 is 0 Å². The third-order valence-electron chi connectivity index (χ3n) is 4.90. The van der Waals surface area contributed by atoms with Gasteiger partial charge in [0.05, 0.1) is 4.92 Å². The maximum atomic E-state index is 12.5. The average molecular weight is 436 g/mol. The van der Waals surface area contributed by atoms with E-state index in [1.165, 1.54) is 23.9 Å². The molecule has 1 amide bonds. The van der Waals surface area contributed by atoms with E-state index in [0.717, 1.165) is 24.0 Å². The van der Waals surface area contributed by atoms with Crippen LogP contribution in [-0.4, -0.2) is 31.6 Å². The Morgan fingerprint density at radius 2 is 1.97 bits per heavy atom. The van der Waals surface area contributed by atoms with Gasteiger partial charge in [-0.15, -0.1) is 16.8 Å². The van der Waals surface area contributed by atoms with Gasteiger partial charge in [0.2, 0.25) is 0 Å². The summed E-state index contributed by atoms with van der Waals surface area (Å²) in [4.78, 5) is 23.0. The molecule has 0 spiro atoms. The zero-order valence-electron chi connectivity index (χ0n) is 16.7. The molecule has 9 heteroatoms. The largest absolute Gasteiger partial charge is 0.349 e. The summed E-state index contributed by atoms with van der Waals surface area (Å²) in [6, 6.07) is 14.1. The highest BCUT2D eigenvalue weighted by Crippen LogP contribution is 2.29. The second-order valence-corrected chi connectivity index (χ2v) is 8.15. The minimum atomic E-state index is -0.434. The zero-order valence-corrected chi connectivity index (χ0v) is 17.5. The molecule has 0 aliphatic heterocycles. The maximum absolute atomic E-state index is 12.5. The first-order valence-electron chi connectivity index (χ1n) is 9.87. The number of carbonyl (C=O) groups is 1. The first-order valence-corrected chi connectivity index (χ1v) is 10.9. The van der Waals surface area contributed by atoms with Crippen LogP contribution in [0.5, 0.6) is 0 Å². The van der Waals surface area contributed by atoms with Gasteiger partial charge in [-0.1, -0.05) is 36.0 Å². The quantitative estimate of drug-likeness (QED) is 0.234. The monoisotopic (exact) mass is 435 g/mol. The van der Waals surface area contributed by atoms with Crippen LogP contribution in [0.1, 0.15) is 28.8 Å². The Morgan fingerprint density at radius 3 is 2.65 bits per heavy atom. The fourth-order valence-electron chi connectivity index (χ4n) is 3.14. The number of carbonyl (C=O) groups excluding carboxylic acids is 1. The minimum absolute atomic E-state index is 0.0224. The van der Waals surface area contributed by atoms with Gasteiger partial charge in [-0.05, 0) is 36.6 Å². The van der Waals surface area contributed by atoms with Gasteiger partial charge in [0.15, 0.2) is 11.0 Å². The van der Waals surface area contributed by atoms with Gasteiger partial charge in [-0.25, -0.2) is 0 Å². The molecular weight excluding hydrogens is 414 g/mol. The number of benzene rings is 2. The third-order valence-corrected chi connectivity index (χ3v) is 5.91. The van der Waals surface area contributed by atoms with Crippen molar-refractivity contribution in [1.29, 1.82) is 0 Å². The van der Waals surface area contributed by atoms with Crippen molar-refractivity contribution in [2.24, 2.45) is 0 Å². The van der Waals surface area contributed by atoms with Gasteiger partial charge in [0, 0.05) is 41.6 Å². The zero-order chi connectivity index (χ0) is 21.8. The molecule has 0 bridgehead atoms.